The van der Waals surface area contributed by atoms with Crippen molar-refractivity contribution in [3.63, 3.8) is 0 Å². The van der Waals surface area contributed by atoms with Crippen molar-refractivity contribution in [2.24, 2.45) is 17.8 Å². The second-order valence-corrected chi connectivity index (χ2v) is 4.18. The second-order valence-electron chi connectivity index (χ2n) is 3.17. The molecule has 4 heteroatoms. The van der Waals surface area contributed by atoms with E-state index < -0.39 is 0 Å². The van der Waals surface area contributed by atoms with E-state index in [2.05, 4.69) is 0 Å². The van der Waals surface area contributed by atoms with E-state index in [1.165, 1.54) is 0 Å². The maximum absolute atomic E-state index is 11.3. The number of halogens is 2. The van der Waals surface area contributed by atoms with Crippen LogP contribution >= 0.6 is 23.2 Å². The topological polar surface area (TPSA) is 26.3 Å². The third kappa shape index (κ3) is 2.61. The van der Waals surface area contributed by atoms with Crippen molar-refractivity contribution in [3.8, 4) is 0 Å². The van der Waals surface area contributed by atoms with Gasteiger partial charge in [0.2, 0.25) is 0 Å². The first-order valence-corrected chi connectivity index (χ1v) is 5.03. The van der Waals surface area contributed by atoms with E-state index in [4.69, 9.17) is 27.9 Å². The molecule has 0 aromatic carbocycles. The van der Waals surface area contributed by atoms with Crippen molar-refractivity contribution >= 4 is 29.2 Å². The number of carbonyl (C=O) groups is 1. The molecule has 1 rings (SSSR count). The third-order valence-electron chi connectivity index (χ3n) is 2.32. The lowest BCUT2D eigenvalue weighted by Gasteiger charge is -1.98. The smallest absolute Gasteiger partial charge is 0.309 e. The molecule has 3 unspecified atom stereocenters. The lowest BCUT2D eigenvalue weighted by Crippen LogP contribution is -2.07. The normalized spacial score (nSPS) is 30.9. The van der Waals surface area contributed by atoms with Crippen LogP contribution in [0.5, 0.6) is 0 Å². The highest BCUT2D eigenvalue weighted by atomic mass is 35.5. The van der Waals surface area contributed by atoms with Gasteiger partial charge in [0.1, 0.15) is 4.49 Å². The zero-order valence-electron chi connectivity index (χ0n) is 7.59. The van der Waals surface area contributed by atoms with Gasteiger partial charge in [0, 0.05) is 0 Å². The highest BCUT2D eigenvalue weighted by Gasteiger charge is 2.51. The van der Waals surface area contributed by atoms with Crippen molar-refractivity contribution in [1.82, 2.24) is 0 Å². The summed E-state index contributed by atoms with van der Waals surface area (Å²) in [5.41, 5.74) is 0. The van der Waals surface area contributed by atoms with Crippen molar-refractivity contribution in [3.05, 3.63) is 10.6 Å². The Hall–Kier alpha value is -0.210. The molecule has 0 heterocycles. The van der Waals surface area contributed by atoms with Crippen LogP contribution in [0.15, 0.2) is 10.6 Å². The minimum atomic E-state index is -0.147. The lowest BCUT2D eigenvalue weighted by atomic mass is 10.3. The summed E-state index contributed by atoms with van der Waals surface area (Å²) in [7, 11) is 0. The number of ether oxygens (including phenoxy) is 1. The molecule has 1 fully saturated rings. The average molecular weight is 223 g/mol. The predicted octanol–water partition coefficient (Wildman–Crippen LogP) is 2.75. The molecule has 0 aromatic heterocycles. The van der Waals surface area contributed by atoms with E-state index in [0.717, 1.165) is 0 Å². The minimum absolute atomic E-state index is 0.0487. The van der Waals surface area contributed by atoms with Gasteiger partial charge >= 0.3 is 5.97 Å². The van der Waals surface area contributed by atoms with Crippen LogP contribution in [0.3, 0.4) is 0 Å². The molecular weight excluding hydrogens is 211 g/mol. The Bertz CT molecular complexity index is 234. The standard InChI is InChI=1S/C9H12Cl2O2/c1-3-13-9(12)8-5(2)6(8)4-7(10)11/h4-6,8H,3H2,1-2H3. The Kier molecular flexibility index (Phi) is 3.63. The molecule has 1 aliphatic carbocycles. The number of hydrogen-bond acceptors (Lipinski definition) is 2. The zero-order chi connectivity index (χ0) is 10.0. The fraction of sp³-hybridized carbons (Fsp3) is 0.667. The summed E-state index contributed by atoms with van der Waals surface area (Å²) in [6.07, 6.45) is 1.70. The fourth-order valence-electron chi connectivity index (χ4n) is 1.50. The molecule has 1 saturated carbocycles. The molecule has 0 aliphatic heterocycles. The molecule has 2 nitrogen and oxygen atoms in total. The van der Waals surface area contributed by atoms with Crippen molar-refractivity contribution in [2.45, 2.75) is 13.8 Å². The van der Waals surface area contributed by atoms with Crippen LogP contribution in [0.4, 0.5) is 0 Å². The summed E-state index contributed by atoms with van der Waals surface area (Å²) in [5, 5.41) is 0. The largest absolute Gasteiger partial charge is 0.466 e. The Balaban J connectivity index is 2.48. The van der Waals surface area contributed by atoms with Crippen LogP contribution in [0.2, 0.25) is 0 Å². The molecule has 13 heavy (non-hydrogen) atoms. The second kappa shape index (κ2) is 4.34. The zero-order valence-corrected chi connectivity index (χ0v) is 9.10. The van der Waals surface area contributed by atoms with Gasteiger partial charge in [0.15, 0.2) is 0 Å². The van der Waals surface area contributed by atoms with Crippen LogP contribution in [0.1, 0.15) is 13.8 Å². The van der Waals surface area contributed by atoms with Crippen molar-refractivity contribution < 1.29 is 9.53 Å². The lowest BCUT2D eigenvalue weighted by molar-refractivity contribution is -0.145. The average Bonchev–Trinajstić information content (AvgIpc) is 2.61. The van der Waals surface area contributed by atoms with Gasteiger partial charge in [0.05, 0.1) is 12.5 Å². The van der Waals surface area contributed by atoms with E-state index in [9.17, 15) is 4.79 Å². The van der Waals surface area contributed by atoms with Gasteiger partial charge in [-0.3, -0.25) is 4.79 Å². The minimum Gasteiger partial charge on any atom is -0.466 e. The first-order chi connectivity index (χ1) is 6.07. The van der Waals surface area contributed by atoms with Gasteiger partial charge in [-0.25, -0.2) is 0 Å². The van der Waals surface area contributed by atoms with Crippen LogP contribution in [0.25, 0.3) is 0 Å². The Labute approximate surface area is 87.8 Å². The maximum Gasteiger partial charge on any atom is 0.309 e. The Morgan fingerprint density at radius 3 is 2.62 bits per heavy atom. The summed E-state index contributed by atoms with van der Waals surface area (Å²) >= 11 is 11.0. The number of carbonyl (C=O) groups excluding carboxylic acids is 1. The van der Waals surface area contributed by atoms with Crippen LogP contribution in [-0.4, -0.2) is 12.6 Å². The van der Waals surface area contributed by atoms with Gasteiger partial charge in [-0.1, -0.05) is 30.1 Å². The van der Waals surface area contributed by atoms with Crippen LogP contribution in [0, 0.1) is 17.8 Å². The molecule has 0 bridgehead atoms. The molecule has 0 amide bonds. The summed E-state index contributed by atoms with van der Waals surface area (Å²) in [6, 6.07) is 0. The first-order valence-electron chi connectivity index (χ1n) is 4.27. The number of hydrogen-bond donors (Lipinski definition) is 0. The Morgan fingerprint density at radius 2 is 2.15 bits per heavy atom. The monoisotopic (exact) mass is 222 g/mol. The quantitative estimate of drug-likeness (QED) is 0.687. The summed E-state index contributed by atoms with van der Waals surface area (Å²) in [4.78, 5) is 11.3. The molecule has 0 spiro atoms. The molecule has 0 radical (unpaired) electrons. The molecule has 1 aliphatic rings. The van der Waals surface area contributed by atoms with Gasteiger partial charge < -0.3 is 4.74 Å². The first kappa shape index (κ1) is 10.9. The maximum atomic E-state index is 11.3. The number of rotatable bonds is 3. The molecule has 0 saturated heterocycles. The summed E-state index contributed by atoms with van der Waals surface area (Å²) < 4.78 is 5.12. The van der Waals surface area contributed by atoms with Gasteiger partial charge in [-0.05, 0) is 24.8 Å². The Morgan fingerprint density at radius 1 is 1.54 bits per heavy atom. The molecule has 3 atom stereocenters. The van der Waals surface area contributed by atoms with Crippen molar-refractivity contribution in [1.29, 1.82) is 0 Å². The van der Waals surface area contributed by atoms with Crippen LogP contribution in [-0.2, 0) is 9.53 Å². The van der Waals surface area contributed by atoms with Gasteiger partial charge in [-0.2, -0.15) is 0 Å². The van der Waals surface area contributed by atoms with Gasteiger partial charge in [0.25, 0.3) is 0 Å². The summed E-state index contributed by atoms with van der Waals surface area (Å²) in [5.74, 6) is 0.258. The number of esters is 1. The highest BCUT2D eigenvalue weighted by Crippen LogP contribution is 2.48. The third-order valence-corrected chi connectivity index (χ3v) is 2.58. The molecule has 0 aromatic rings. The predicted molar refractivity (Wildman–Crippen MR) is 52.6 cm³/mol. The van der Waals surface area contributed by atoms with E-state index in [-0.39, 0.29) is 22.3 Å². The highest BCUT2D eigenvalue weighted by molar-refractivity contribution is 6.55. The summed E-state index contributed by atoms with van der Waals surface area (Å²) in [6.45, 7) is 4.21. The van der Waals surface area contributed by atoms with E-state index in [0.29, 0.717) is 12.5 Å². The van der Waals surface area contributed by atoms with Crippen molar-refractivity contribution in [2.75, 3.05) is 6.61 Å². The fourth-order valence-corrected chi connectivity index (χ4v) is 1.80. The molecule has 0 N–H and O–H groups in total. The van der Waals surface area contributed by atoms with Gasteiger partial charge in [-0.15, -0.1) is 0 Å². The van der Waals surface area contributed by atoms with E-state index in [1.54, 1.807) is 13.0 Å². The van der Waals surface area contributed by atoms with Crippen LogP contribution < -0.4 is 0 Å². The van der Waals surface area contributed by atoms with E-state index in [1.807, 2.05) is 6.92 Å². The number of allylic oxidation sites excluding steroid dienone is 1. The molecule has 74 valence electrons. The SMILES string of the molecule is CCOC(=O)C1C(C)C1C=C(Cl)Cl. The van der Waals surface area contributed by atoms with E-state index >= 15 is 0 Å². The molecular formula is C9H12Cl2O2.